The lowest BCUT2D eigenvalue weighted by Crippen LogP contribution is -2.46. The molecule has 0 amide bonds. The van der Waals surface area contributed by atoms with Gasteiger partial charge in [-0.05, 0) is 74.5 Å². The highest BCUT2D eigenvalue weighted by molar-refractivity contribution is 5.83. The summed E-state index contributed by atoms with van der Waals surface area (Å²) < 4.78 is 79.3. The summed E-state index contributed by atoms with van der Waals surface area (Å²) in [6.07, 6.45) is -3.81. The zero-order valence-corrected chi connectivity index (χ0v) is 19.6. The van der Waals surface area contributed by atoms with Gasteiger partial charge in [-0.2, -0.15) is 26.3 Å². The first-order chi connectivity index (χ1) is 14.4. The third-order valence-electron chi connectivity index (χ3n) is 7.63. The van der Waals surface area contributed by atoms with E-state index in [-0.39, 0.29) is 47.7 Å². The number of ketones is 1. The van der Waals surface area contributed by atoms with Crippen LogP contribution in [0.4, 0.5) is 26.3 Å². The number of hydrogen-bond donors (Lipinski definition) is 0. The number of halogens is 6. The van der Waals surface area contributed by atoms with E-state index in [1.165, 1.54) is 0 Å². The highest BCUT2D eigenvalue weighted by Gasteiger charge is 2.67. The molecule has 2 saturated carbocycles. The molecule has 32 heavy (non-hydrogen) atoms. The molecular weight excluding hydrogens is 430 g/mol. The largest absolute Gasteiger partial charge is 0.413 e. The maximum atomic E-state index is 13.2. The van der Waals surface area contributed by atoms with Gasteiger partial charge in [-0.1, -0.05) is 33.6 Å². The highest BCUT2D eigenvalue weighted by Crippen LogP contribution is 2.58. The zero-order chi connectivity index (χ0) is 24.6. The fraction of sp³-hybridized carbons (Fsp3) is 0.840. The molecule has 2 aliphatic rings. The van der Waals surface area contributed by atoms with Crippen LogP contribution < -0.4 is 0 Å². The minimum absolute atomic E-state index is 0.0362. The smallest absolute Gasteiger partial charge is 0.299 e. The molecule has 0 aromatic rings. The van der Waals surface area contributed by atoms with E-state index in [1.54, 1.807) is 5.92 Å². The Balaban J connectivity index is 2.29. The van der Waals surface area contributed by atoms with E-state index < -0.39 is 17.8 Å². The Morgan fingerprint density at radius 2 is 1.66 bits per heavy atom. The second-order valence-electron chi connectivity index (χ2n) is 11.2. The van der Waals surface area contributed by atoms with Crippen LogP contribution in [0.25, 0.3) is 0 Å². The lowest BCUT2D eigenvalue weighted by atomic mass is 9.61. The van der Waals surface area contributed by atoms with Crippen molar-refractivity contribution in [3.63, 3.8) is 0 Å². The van der Waals surface area contributed by atoms with Crippen LogP contribution in [-0.2, 0) is 4.79 Å². The summed E-state index contributed by atoms with van der Waals surface area (Å²) in [7, 11) is 0. The Kier molecular flexibility index (Phi) is 7.79. The van der Waals surface area contributed by atoms with E-state index in [0.717, 1.165) is 32.1 Å². The predicted molar refractivity (Wildman–Crippen MR) is 112 cm³/mol. The lowest BCUT2D eigenvalue weighted by molar-refractivity contribution is -0.310. The molecule has 2 aliphatic carbocycles. The standard InChI is InChI=1S/C25H35F6O/c1-21(2,3)14-6-9-17(10-7-16-23(5,24(26,27)28)25(29,30)31)18-12-13-19-20(32)11-8-15-22(18,19)4/h9,17-19H,6,8,10-15H2,1-5H3/t17?,18?,19?,22-/m1/s1. The maximum Gasteiger partial charge on any atom is 0.413 e. The summed E-state index contributed by atoms with van der Waals surface area (Å²) >= 11 is 0. The van der Waals surface area contributed by atoms with Gasteiger partial charge in [-0.15, -0.1) is 5.92 Å². The van der Waals surface area contributed by atoms with E-state index in [0.29, 0.717) is 12.8 Å². The Morgan fingerprint density at radius 1 is 1.06 bits per heavy atom. The molecule has 0 N–H and O–H groups in total. The molecule has 0 saturated heterocycles. The molecule has 2 fully saturated rings. The summed E-state index contributed by atoms with van der Waals surface area (Å²) in [5.41, 5.74) is -4.27. The number of carbonyl (C=O) groups excluding carboxylic acids is 1. The number of alkyl halides is 6. The van der Waals surface area contributed by atoms with Gasteiger partial charge in [-0.3, -0.25) is 4.79 Å². The average molecular weight is 466 g/mol. The molecule has 1 nitrogen and oxygen atoms in total. The van der Waals surface area contributed by atoms with E-state index in [9.17, 15) is 31.1 Å². The molecule has 0 spiro atoms. The summed E-state index contributed by atoms with van der Waals surface area (Å²) in [5.74, 6) is 3.79. The van der Waals surface area contributed by atoms with Gasteiger partial charge in [0.25, 0.3) is 0 Å². The van der Waals surface area contributed by atoms with E-state index >= 15 is 0 Å². The van der Waals surface area contributed by atoms with Gasteiger partial charge >= 0.3 is 12.4 Å². The van der Waals surface area contributed by atoms with Gasteiger partial charge in [0, 0.05) is 18.8 Å². The van der Waals surface area contributed by atoms with Crippen LogP contribution in [-0.4, -0.2) is 18.1 Å². The van der Waals surface area contributed by atoms with Gasteiger partial charge < -0.3 is 0 Å². The predicted octanol–water partition coefficient (Wildman–Crippen LogP) is 7.94. The van der Waals surface area contributed by atoms with Crippen LogP contribution in [0.15, 0.2) is 0 Å². The maximum absolute atomic E-state index is 13.2. The van der Waals surface area contributed by atoms with Crippen molar-refractivity contribution < 1.29 is 31.1 Å². The van der Waals surface area contributed by atoms with Crippen molar-refractivity contribution in [1.29, 1.82) is 0 Å². The van der Waals surface area contributed by atoms with Crippen LogP contribution >= 0.6 is 0 Å². The monoisotopic (exact) mass is 465 g/mol. The molecule has 1 radical (unpaired) electrons. The quantitative estimate of drug-likeness (QED) is 0.297. The molecule has 0 heterocycles. The summed E-state index contributed by atoms with van der Waals surface area (Å²) in [6, 6.07) is 0. The van der Waals surface area contributed by atoms with Gasteiger partial charge in [0.1, 0.15) is 5.78 Å². The van der Waals surface area contributed by atoms with Crippen molar-refractivity contribution in [3.05, 3.63) is 6.42 Å². The van der Waals surface area contributed by atoms with Gasteiger partial charge in [0.05, 0.1) is 0 Å². The summed E-state index contributed by atoms with van der Waals surface area (Å²) in [4.78, 5) is 12.5. The SMILES string of the molecule is CC(C)(C)CC[CH]C(CC#CC(C)(C(F)(F)F)C(F)(F)F)C1CCC2C(=O)CCC[C@@]21C. The molecule has 0 aliphatic heterocycles. The molecule has 0 aromatic carbocycles. The number of carbonyl (C=O) groups is 1. The van der Waals surface area contributed by atoms with Crippen LogP contribution in [0.2, 0.25) is 0 Å². The fourth-order valence-corrected chi connectivity index (χ4v) is 5.44. The second-order valence-corrected chi connectivity index (χ2v) is 11.2. The first-order valence-corrected chi connectivity index (χ1v) is 11.4. The topological polar surface area (TPSA) is 17.1 Å². The molecule has 7 heteroatoms. The van der Waals surface area contributed by atoms with Gasteiger partial charge in [-0.25, -0.2) is 0 Å². The molecule has 2 rings (SSSR count). The van der Waals surface area contributed by atoms with Crippen molar-refractivity contribution in [1.82, 2.24) is 0 Å². The summed E-state index contributed by atoms with van der Waals surface area (Å²) in [6.45, 7) is 8.42. The van der Waals surface area contributed by atoms with Crippen LogP contribution in [0.3, 0.4) is 0 Å². The Hall–Kier alpha value is -1.19. The second kappa shape index (κ2) is 9.22. The lowest BCUT2D eigenvalue weighted by Gasteiger charge is -2.43. The third-order valence-corrected chi connectivity index (χ3v) is 7.63. The average Bonchev–Trinajstić information content (AvgIpc) is 2.95. The number of rotatable bonds is 5. The third kappa shape index (κ3) is 5.65. The van der Waals surface area contributed by atoms with Crippen LogP contribution in [0.1, 0.15) is 86.0 Å². The minimum atomic E-state index is -5.51. The van der Waals surface area contributed by atoms with Crippen molar-refractivity contribution in [3.8, 4) is 11.8 Å². The first-order valence-electron chi connectivity index (χ1n) is 11.4. The molecule has 4 atom stereocenters. The van der Waals surface area contributed by atoms with Crippen molar-refractivity contribution in [2.75, 3.05) is 0 Å². The van der Waals surface area contributed by atoms with E-state index in [1.807, 2.05) is 6.42 Å². The molecular formula is C25H35F6O. The van der Waals surface area contributed by atoms with E-state index in [4.69, 9.17) is 0 Å². The van der Waals surface area contributed by atoms with Crippen molar-refractivity contribution in [2.24, 2.45) is 34.0 Å². The number of hydrogen-bond acceptors (Lipinski definition) is 1. The molecule has 0 bridgehead atoms. The Bertz CT molecular complexity index is 719. The molecule has 0 aromatic heterocycles. The van der Waals surface area contributed by atoms with Crippen LogP contribution in [0.5, 0.6) is 0 Å². The van der Waals surface area contributed by atoms with Crippen molar-refractivity contribution in [2.45, 2.75) is 98.3 Å². The normalized spacial score (nSPS) is 28.2. The molecule has 3 unspecified atom stereocenters. The number of Topliss-reactive ketones (excluding diaryl/α,β-unsaturated/α-hetero) is 1. The Morgan fingerprint density at radius 3 is 2.19 bits per heavy atom. The van der Waals surface area contributed by atoms with Crippen molar-refractivity contribution >= 4 is 5.78 Å². The fourth-order valence-electron chi connectivity index (χ4n) is 5.44. The highest BCUT2D eigenvalue weighted by atomic mass is 19.4. The Labute approximate surface area is 188 Å². The molecule has 183 valence electrons. The number of fused-ring (bicyclic) bond motifs is 1. The van der Waals surface area contributed by atoms with E-state index in [2.05, 4.69) is 33.6 Å². The van der Waals surface area contributed by atoms with Crippen LogP contribution in [0, 0.1) is 52.3 Å². The van der Waals surface area contributed by atoms with Gasteiger partial charge in [0.2, 0.25) is 5.41 Å². The first kappa shape index (κ1) is 27.1. The summed E-state index contributed by atoms with van der Waals surface area (Å²) in [5, 5.41) is 0. The van der Waals surface area contributed by atoms with Gasteiger partial charge in [0.15, 0.2) is 0 Å². The zero-order valence-electron chi connectivity index (χ0n) is 19.6. The minimum Gasteiger partial charge on any atom is -0.299 e.